The molecule has 1 saturated heterocycles. The second kappa shape index (κ2) is 6.24. The first kappa shape index (κ1) is 16.1. The van der Waals surface area contributed by atoms with E-state index < -0.39 is 5.60 Å². The molecule has 0 amide bonds. The lowest BCUT2D eigenvalue weighted by atomic mass is 10.1. The van der Waals surface area contributed by atoms with Gasteiger partial charge in [-0.1, -0.05) is 34.8 Å². The Kier molecular flexibility index (Phi) is 5.03. The Bertz CT molecular complexity index is 482. The lowest BCUT2D eigenvalue weighted by Gasteiger charge is -2.38. The van der Waals surface area contributed by atoms with E-state index in [0.717, 1.165) is 26.2 Å². The van der Waals surface area contributed by atoms with Gasteiger partial charge in [-0.05, 0) is 19.9 Å². The summed E-state index contributed by atoms with van der Waals surface area (Å²) in [5, 5.41) is 11.0. The topological polar surface area (TPSA) is 39.6 Å². The summed E-state index contributed by atoms with van der Waals surface area (Å²) in [4.78, 5) is 8.57. The lowest BCUT2D eigenvalue weighted by molar-refractivity contribution is 0.0344. The van der Waals surface area contributed by atoms with Crippen LogP contribution in [0.3, 0.4) is 0 Å². The standard InChI is InChI=1S/C13H18Cl3N3O/c1-13(2,20)8-18-3-5-19(6-4-18)12-10(15)7-9(14)11(16)17-12/h7,20H,3-6,8H2,1-2H3. The molecule has 4 nitrogen and oxygen atoms in total. The van der Waals surface area contributed by atoms with Gasteiger partial charge < -0.3 is 10.0 Å². The minimum atomic E-state index is -0.679. The Balaban J connectivity index is 2.02. The van der Waals surface area contributed by atoms with Gasteiger partial charge in [-0.2, -0.15) is 0 Å². The van der Waals surface area contributed by atoms with Crippen LogP contribution in [0.2, 0.25) is 15.2 Å². The van der Waals surface area contributed by atoms with Crippen LogP contribution in [-0.2, 0) is 0 Å². The fraction of sp³-hybridized carbons (Fsp3) is 0.615. The average molecular weight is 339 g/mol. The number of rotatable bonds is 3. The summed E-state index contributed by atoms with van der Waals surface area (Å²) in [6.07, 6.45) is 0. The average Bonchev–Trinajstić information content (AvgIpc) is 2.33. The normalized spacial score (nSPS) is 17.6. The molecule has 0 aliphatic carbocycles. The number of anilines is 1. The largest absolute Gasteiger partial charge is 0.389 e. The third-order valence-corrected chi connectivity index (χ3v) is 4.10. The van der Waals surface area contributed by atoms with Crippen molar-refractivity contribution in [3.05, 3.63) is 21.3 Å². The molecule has 0 unspecified atom stereocenters. The summed E-state index contributed by atoms with van der Waals surface area (Å²) in [6.45, 7) is 7.57. The van der Waals surface area contributed by atoms with Gasteiger partial charge >= 0.3 is 0 Å². The van der Waals surface area contributed by atoms with E-state index in [1.165, 1.54) is 0 Å². The first-order chi connectivity index (χ1) is 9.26. The number of halogens is 3. The van der Waals surface area contributed by atoms with Crippen molar-refractivity contribution in [1.82, 2.24) is 9.88 Å². The second-order valence-electron chi connectivity index (χ2n) is 5.64. The predicted molar refractivity (Wildman–Crippen MR) is 84.2 cm³/mol. The van der Waals surface area contributed by atoms with Crippen LogP contribution < -0.4 is 4.90 Å². The van der Waals surface area contributed by atoms with Crippen LogP contribution in [0.5, 0.6) is 0 Å². The van der Waals surface area contributed by atoms with E-state index in [-0.39, 0.29) is 5.15 Å². The zero-order chi connectivity index (χ0) is 14.9. The SMILES string of the molecule is CC(C)(O)CN1CCN(c2nc(Cl)c(Cl)cc2Cl)CC1. The van der Waals surface area contributed by atoms with Crippen molar-refractivity contribution in [2.75, 3.05) is 37.6 Å². The number of piperazine rings is 1. The lowest BCUT2D eigenvalue weighted by Crippen LogP contribution is -2.50. The van der Waals surface area contributed by atoms with Crippen molar-refractivity contribution in [3.8, 4) is 0 Å². The third kappa shape index (κ3) is 4.12. The molecule has 112 valence electrons. The summed E-state index contributed by atoms with van der Waals surface area (Å²) in [5.41, 5.74) is -0.679. The van der Waals surface area contributed by atoms with Gasteiger partial charge in [0.05, 0.1) is 15.6 Å². The van der Waals surface area contributed by atoms with Crippen LogP contribution in [0, 0.1) is 0 Å². The van der Waals surface area contributed by atoms with E-state index >= 15 is 0 Å². The molecule has 1 aliphatic heterocycles. The summed E-state index contributed by atoms with van der Waals surface area (Å²) >= 11 is 18.0. The molecule has 1 aromatic heterocycles. The van der Waals surface area contributed by atoms with Gasteiger partial charge in [0, 0.05) is 32.7 Å². The zero-order valence-electron chi connectivity index (χ0n) is 11.5. The summed E-state index contributed by atoms with van der Waals surface area (Å²) in [7, 11) is 0. The molecule has 0 atom stereocenters. The van der Waals surface area contributed by atoms with Gasteiger partial charge in [-0.15, -0.1) is 0 Å². The van der Waals surface area contributed by atoms with Crippen LogP contribution in [0.4, 0.5) is 5.82 Å². The molecule has 2 rings (SSSR count). The second-order valence-corrected chi connectivity index (χ2v) is 6.81. The Hall–Kier alpha value is -0.260. The Morgan fingerprint density at radius 1 is 1.15 bits per heavy atom. The maximum atomic E-state index is 9.84. The number of pyridine rings is 1. The van der Waals surface area contributed by atoms with E-state index in [9.17, 15) is 5.11 Å². The smallest absolute Gasteiger partial charge is 0.150 e. The third-order valence-electron chi connectivity index (χ3n) is 3.15. The molecule has 1 N–H and O–H groups in total. The van der Waals surface area contributed by atoms with Gasteiger partial charge in [0.25, 0.3) is 0 Å². The molecule has 0 spiro atoms. The Morgan fingerprint density at radius 3 is 2.30 bits per heavy atom. The molecule has 0 saturated carbocycles. The highest BCUT2D eigenvalue weighted by atomic mass is 35.5. The monoisotopic (exact) mass is 337 g/mol. The highest BCUT2D eigenvalue weighted by Gasteiger charge is 2.24. The number of β-amino-alcohol motifs (C(OH)–C–C–N with tert-alkyl or cyclic N) is 1. The quantitative estimate of drug-likeness (QED) is 0.860. The van der Waals surface area contributed by atoms with Gasteiger partial charge in [-0.3, -0.25) is 4.90 Å². The van der Waals surface area contributed by atoms with Gasteiger partial charge in [-0.25, -0.2) is 4.98 Å². The highest BCUT2D eigenvalue weighted by molar-refractivity contribution is 6.42. The van der Waals surface area contributed by atoms with E-state index in [0.29, 0.717) is 22.4 Å². The van der Waals surface area contributed by atoms with E-state index in [4.69, 9.17) is 34.8 Å². The van der Waals surface area contributed by atoms with Crippen LogP contribution >= 0.6 is 34.8 Å². The molecule has 7 heteroatoms. The molecule has 0 radical (unpaired) electrons. The van der Waals surface area contributed by atoms with Crippen molar-refractivity contribution in [3.63, 3.8) is 0 Å². The zero-order valence-corrected chi connectivity index (χ0v) is 13.8. The maximum absolute atomic E-state index is 9.84. The van der Waals surface area contributed by atoms with Crippen molar-refractivity contribution < 1.29 is 5.11 Å². The molecule has 20 heavy (non-hydrogen) atoms. The Labute approximate surface area is 134 Å². The van der Waals surface area contributed by atoms with Crippen molar-refractivity contribution >= 4 is 40.6 Å². The van der Waals surface area contributed by atoms with Crippen LogP contribution in [0.1, 0.15) is 13.8 Å². The number of nitrogens with zero attached hydrogens (tertiary/aromatic N) is 3. The molecule has 0 bridgehead atoms. The number of hydrogen-bond acceptors (Lipinski definition) is 4. The predicted octanol–water partition coefficient (Wildman–Crippen LogP) is 2.93. The number of aliphatic hydroxyl groups is 1. The van der Waals surface area contributed by atoms with Crippen molar-refractivity contribution in [2.24, 2.45) is 0 Å². The molecule has 0 aromatic carbocycles. The minimum absolute atomic E-state index is 0.269. The van der Waals surface area contributed by atoms with Crippen molar-refractivity contribution in [1.29, 1.82) is 0 Å². The fourth-order valence-corrected chi connectivity index (χ4v) is 2.93. The Morgan fingerprint density at radius 2 is 1.75 bits per heavy atom. The summed E-state index contributed by atoms with van der Waals surface area (Å²) < 4.78 is 0. The molecular weight excluding hydrogens is 321 g/mol. The number of aromatic nitrogens is 1. The van der Waals surface area contributed by atoms with Crippen LogP contribution in [0.15, 0.2) is 6.07 Å². The molecule has 1 aliphatic rings. The molecule has 1 aromatic rings. The van der Waals surface area contributed by atoms with Gasteiger partial charge in [0.2, 0.25) is 0 Å². The van der Waals surface area contributed by atoms with Gasteiger partial charge in [0.1, 0.15) is 11.0 Å². The van der Waals surface area contributed by atoms with E-state index in [1.54, 1.807) is 6.07 Å². The van der Waals surface area contributed by atoms with Crippen LogP contribution in [0.25, 0.3) is 0 Å². The van der Waals surface area contributed by atoms with E-state index in [2.05, 4.69) is 14.8 Å². The van der Waals surface area contributed by atoms with Gasteiger partial charge in [0.15, 0.2) is 0 Å². The maximum Gasteiger partial charge on any atom is 0.150 e. The van der Waals surface area contributed by atoms with E-state index in [1.807, 2.05) is 13.8 Å². The minimum Gasteiger partial charge on any atom is -0.389 e. The first-order valence-electron chi connectivity index (χ1n) is 6.47. The molecule has 2 heterocycles. The highest BCUT2D eigenvalue weighted by Crippen LogP contribution is 2.31. The number of hydrogen-bond donors (Lipinski definition) is 1. The fourth-order valence-electron chi connectivity index (χ4n) is 2.32. The summed E-state index contributed by atoms with van der Waals surface area (Å²) in [5.74, 6) is 0.670. The van der Waals surface area contributed by atoms with Crippen molar-refractivity contribution in [2.45, 2.75) is 19.4 Å². The summed E-state index contributed by atoms with van der Waals surface area (Å²) in [6, 6.07) is 1.62. The first-order valence-corrected chi connectivity index (χ1v) is 7.61. The van der Waals surface area contributed by atoms with Crippen LogP contribution in [-0.4, -0.2) is 53.3 Å². The molecule has 1 fully saturated rings. The molecular formula is C13H18Cl3N3O.